The number of amides is 1. The Balaban J connectivity index is 0.000000493. The third kappa shape index (κ3) is 14.4. The lowest BCUT2D eigenvalue weighted by Gasteiger charge is -2.20. The number of hydrogen-bond donors (Lipinski definition) is 7. The van der Waals surface area contributed by atoms with Crippen molar-refractivity contribution >= 4 is 23.4 Å². The first-order valence-electron chi connectivity index (χ1n) is 11.1. The van der Waals surface area contributed by atoms with Gasteiger partial charge in [0.25, 0.3) is 5.91 Å². The SMILES string of the molecule is C.CC(C)(C)Nc1[nH]ncc1C(N)=O.CC(C)(C)Nc1ccn[nH]1.Cc1cc(NC(C)(C)C)n[nH]1. The minimum absolute atomic E-state index is 0. The number of hydrogen-bond acceptors (Lipinski definition) is 7. The van der Waals surface area contributed by atoms with Crippen molar-refractivity contribution in [2.45, 2.75) is 93.3 Å². The number of carbonyl (C=O) groups excluding carboxylic acids is 1. The van der Waals surface area contributed by atoms with Crippen LogP contribution >= 0.6 is 0 Å². The van der Waals surface area contributed by atoms with Gasteiger partial charge in [-0.1, -0.05) is 7.43 Å². The van der Waals surface area contributed by atoms with E-state index in [4.69, 9.17) is 5.73 Å². The zero-order valence-electron chi connectivity index (χ0n) is 22.1. The summed E-state index contributed by atoms with van der Waals surface area (Å²) in [5.74, 6) is 1.96. The number of nitrogens with two attached hydrogens (primary N) is 1. The second kappa shape index (κ2) is 12.8. The maximum atomic E-state index is 10.9. The van der Waals surface area contributed by atoms with Crippen LogP contribution in [0.2, 0.25) is 0 Å². The third-order valence-electron chi connectivity index (χ3n) is 3.62. The zero-order chi connectivity index (χ0) is 26.2. The molecule has 0 atom stereocenters. The van der Waals surface area contributed by atoms with E-state index in [9.17, 15) is 4.79 Å². The molecule has 0 aliphatic rings. The van der Waals surface area contributed by atoms with E-state index in [0.29, 0.717) is 11.4 Å². The van der Waals surface area contributed by atoms with Gasteiger partial charge in [0.05, 0.1) is 12.4 Å². The molecule has 0 radical (unpaired) electrons. The highest BCUT2D eigenvalue weighted by Gasteiger charge is 2.16. The number of rotatable bonds is 4. The van der Waals surface area contributed by atoms with Crippen LogP contribution in [0.5, 0.6) is 0 Å². The van der Waals surface area contributed by atoms with Gasteiger partial charge >= 0.3 is 0 Å². The van der Waals surface area contributed by atoms with Gasteiger partial charge in [0, 0.05) is 28.4 Å². The highest BCUT2D eigenvalue weighted by atomic mass is 16.1. The molecule has 1 amide bonds. The fraction of sp³-hybridized carbons (Fsp3) is 0.583. The second-order valence-electron chi connectivity index (χ2n) is 11.1. The average Bonchev–Trinajstić information content (AvgIpc) is 3.35. The highest BCUT2D eigenvalue weighted by Crippen LogP contribution is 2.15. The van der Waals surface area contributed by atoms with Gasteiger partial charge in [-0.2, -0.15) is 15.3 Å². The van der Waals surface area contributed by atoms with Crippen molar-refractivity contribution in [3.05, 3.63) is 35.8 Å². The molecule has 198 valence electrons. The molecule has 0 spiro atoms. The third-order valence-corrected chi connectivity index (χ3v) is 3.62. The van der Waals surface area contributed by atoms with Crippen molar-refractivity contribution < 1.29 is 4.79 Å². The van der Waals surface area contributed by atoms with Crippen LogP contribution in [0.25, 0.3) is 0 Å². The van der Waals surface area contributed by atoms with Crippen LogP contribution in [0.15, 0.2) is 24.5 Å². The fourth-order valence-corrected chi connectivity index (χ4v) is 2.54. The van der Waals surface area contributed by atoms with Crippen molar-refractivity contribution in [1.29, 1.82) is 0 Å². The van der Waals surface area contributed by atoms with Gasteiger partial charge in [-0.25, -0.2) is 0 Å². The first-order chi connectivity index (χ1) is 15.5. The number of aromatic amines is 3. The average molecular weight is 491 g/mol. The lowest BCUT2D eigenvalue weighted by molar-refractivity contribution is 0.100. The zero-order valence-corrected chi connectivity index (χ0v) is 22.1. The number of anilines is 3. The van der Waals surface area contributed by atoms with Crippen LogP contribution in [-0.4, -0.2) is 53.1 Å². The molecule has 0 bridgehead atoms. The summed E-state index contributed by atoms with van der Waals surface area (Å²) in [6.07, 6.45) is 3.14. The summed E-state index contributed by atoms with van der Waals surface area (Å²) in [7, 11) is 0. The summed E-state index contributed by atoms with van der Waals surface area (Å²) in [6.45, 7) is 20.6. The molecule has 3 rings (SSSR count). The lowest BCUT2D eigenvalue weighted by Crippen LogP contribution is -2.28. The Bertz CT molecular complexity index is 983. The van der Waals surface area contributed by atoms with E-state index < -0.39 is 5.91 Å². The number of primary amides is 1. The molecule has 11 heteroatoms. The smallest absolute Gasteiger partial charge is 0.254 e. The van der Waals surface area contributed by atoms with Crippen LogP contribution in [0.4, 0.5) is 17.5 Å². The van der Waals surface area contributed by atoms with Gasteiger partial charge in [0.2, 0.25) is 0 Å². The Labute approximate surface area is 209 Å². The van der Waals surface area contributed by atoms with E-state index in [1.165, 1.54) is 6.20 Å². The van der Waals surface area contributed by atoms with Gasteiger partial charge in [0.1, 0.15) is 23.0 Å². The molecule has 0 aliphatic carbocycles. The number of aromatic nitrogens is 6. The van der Waals surface area contributed by atoms with Crippen molar-refractivity contribution in [3.8, 4) is 0 Å². The number of H-pyrrole nitrogens is 3. The highest BCUT2D eigenvalue weighted by molar-refractivity contribution is 5.97. The Morgan fingerprint density at radius 2 is 1.43 bits per heavy atom. The summed E-state index contributed by atoms with van der Waals surface area (Å²) in [6, 6.07) is 3.90. The molecule has 0 aromatic carbocycles. The first-order valence-corrected chi connectivity index (χ1v) is 11.1. The van der Waals surface area contributed by atoms with Crippen LogP contribution < -0.4 is 21.7 Å². The quantitative estimate of drug-likeness (QED) is 0.273. The predicted molar refractivity (Wildman–Crippen MR) is 146 cm³/mol. The maximum absolute atomic E-state index is 10.9. The summed E-state index contributed by atoms with van der Waals surface area (Å²) in [5, 5.41) is 29.6. The normalized spacial score (nSPS) is 11.1. The van der Waals surface area contributed by atoms with Gasteiger partial charge in [-0.15, -0.1) is 0 Å². The molecule has 11 nitrogen and oxygen atoms in total. The van der Waals surface area contributed by atoms with Crippen molar-refractivity contribution in [2.24, 2.45) is 5.73 Å². The lowest BCUT2D eigenvalue weighted by atomic mass is 10.1. The van der Waals surface area contributed by atoms with Gasteiger partial charge in [-0.05, 0) is 75.3 Å². The van der Waals surface area contributed by atoms with Crippen molar-refractivity contribution in [2.75, 3.05) is 16.0 Å². The predicted octanol–water partition coefficient (Wildman–Crippen LogP) is 4.90. The Morgan fingerprint density at radius 1 is 0.857 bits per heavy atom. The summed E-state index contributed by atoms with van der Waals surface area (Å²) in [5.41, 5.74) is 6.66. The van der Waals surface area contributed by atoms with Gasteiger partial charge in [0.15, 0.2) is 0 Å². The largest absolute Gasteiger partial charge is 0.366 e. The minimum Gasteiger partial charge on any atom is -0.366 e. The molecule has 0 aliphatic heterocycles. The number of nitrogens with one attached hydrogen (secondary N) is 6. The molecule has 35 heavy (non-hydrogen) atoms. The van der Waals surface area contributed by atoms with E-state index in [-0.39, 0.29) is 24.0 Å². The molecule has 3 aromatic rings. The number of nitrogens with zero attached hydrogens (tertiary/aromatic N) is 3. The van der Waals surface area contributed by atoms with Gasteiger partial charge < -0.3 is 21.7 Å². The molecule has 0 saturated carbocycles. The molecule has 8 N–H and O–H groups in total. The van der Waals surface area contributed by atoms with E-state index in [1.807, 2.05) is 39.8 Å². The molecule has 0 saturated heterocycles. The molecule has 0 fully saturated rings. The van der Waals surface area contributed by atoms with E-state index in [0.717, 1.165) is 17.3 Å². The summed E-state index contributed by atoms with van der Waals surface area (Å²) >= 11 is 0. The first kappa shape index (κ1) is 31.5. The Morgan fingerprint density at radius 3 is 1.83 bits per heavy atom. The summed E-state index contributed by atoms with van der Waals surface area (Å²) < 4.78 is 0. The monoisotopic (exact) mass is 490 g/mol. The van der Waals surface area contributed by atoms with Crippen LogP contribution in [0, 0.1) is 6.92 Å². The fourth-order valence-electron chi connectivity index (χ4n) is 2.54. The van der Waals surface area contributed by atoms with E-state index >= 15 is 0 Å². The van der Waals surface area contributed by atoms with Crippen LogP contribution in [0.1, 0.15) is 85.8 Å². The Kier molecular flexibility index (Phi) is 11.5. The molecule has 3 aromatic heterocycles. The molecular weight excluding hydrogens is 444 g/mol. The van der Waals surface area contributed by atoms with Crippen molar-refractivity contribution in [3.63, 3.8) is 0 Å². The standard InChI is InChI=1S/C8H14N4O.C8H15N3.C7H13N3.CH4/c1-8(2,3)11-7-5(6(9)13)4-10-12-7;1-6-5-7(11-10-6)9-8(2,3)4;1-7(2,3)9-6-4-5-8-10-6;/h4H,1-3H3,(H2,9,13)(H2,10,11,12);5H,1-4H3,(H2,9,10,11);4-5H,1-3H3,(H2,8,9,10);1H4. The number of aryl methyl sites for hydroxylation is 1. The molecule has 3 heterocycles. The Hall–Kier alpha value is -3.50. The molecule has 0 unspecified atom stereocenters. The van der Waals surface area contributed by atoms with Crippen LogP contribution in [0.3, 0.4) is 0 Å². The minimum atomic E-state index is -0.486. The molecular formula is C24H46N10O. The number of carbonyl (C=O) groups is 1. The van der Waals surface area contributed by atoms with E-state index in [2.05, 4.69) is 88.1 Å². The summed E-state index contributed by atoms with van der Waals surface area (Å²) in [4.78, 5) is 10.9. The van der Waals surface area contributed by atoms with Crippen molar-refractivity contribution in [1.82, 2.24) is 30.6 Å². The van der Waals surface area contributed by atoms with Gasteiger partial charge in [-0.3, -0.25) is 20.1 Å². The van der Waals surface area contributed by atoms with Crippen LogP contribution in [-0.2, 0) is 0 Å². The topological polar surface area (TPSA) is 165 Å². The van der Waals surface area contributed by atoms with E-state index in [1.54, 1.807) is 6.20 Å². The maximum Gasteiger partial charge on any atom is 0.254 e. The second-order valence-corrected chi connectivity index (χ2v) is 11.1.